The van der Waals surface area contributed by atoms with E-state index in [1.54, 1.807) is 0 Å². The van der Waals surface area contributed by atoms with Gasteiger partial charge in [0.2, 0.25) is 10.0 Å². The summed E-state index contributed by atoms with van der Waals surface area (Å²) in [5.41, 5.74) is -1.33. The number of alkyl halides is 3. The van der Waals surface area contributed by atoms with Gasteiger partial charge in [-0.05, 0) is 42.8 Å². The Morgan fingerprint density at radius 1 is 1.04 bits per heavy atom. The molecule has 0 bridgehead atoms. The van der Waals surface area contributed by atoms with E-state index >= 15 is 0 Å². The zero-order chi connectivity index (χ0) is 19.9. The fourth-order valence-corrected chi connectivity index (χ4v) is 4.01. The first-order valence-corrected chi connectivity index (χ1v) is 8.97. The highest BCUT2D eigenvalue weighted by atomic mass is 35.5. The standard InChI is InChI=1S/C16H13ClF5NO2S/c1-9(10-3-5-13(18)14(19)7-10)23(2)26(24,25)15-6-4-11(17)8-12(15)16(20,21)22/h3-9H,1-2H3. The molecule has 0 saturated heterocycles. The molecule has 2 aromatic carbocycles. The van der Waals surface area contributed by atoms with Gasteiger partial charge in [0.05, 0.1) is 10.5 Å². The molecule has 1 atom stereocenters. The fourth-order valence-electron chi connectivity index (χ4n) is 2.29. The van der Waals surface area contributed by atoms with Crippen LogP contribution in [0.15, 0.2) is 41.3 Å². The van der Waals surface area contributed by atoms with Crippen LogP contribution < -0.4 is 0 Å². The molecule has 0 saturated carbocycles. The molecule has 2 rings (SSSR count). The summed E-state index contributed by atoms with van der Waals surface area (Å²) >= 11 is 5.56. The smallest absolute Gasteiger partial charge is 0.207 e. The molecule has 2 aromatic rings. The summed E-state index contributed by atoms with van der Waals surface area (Å²) in [6, 6.07) is 4.01. The lowest BCUT2D eigenvalue weighted by molar-refractivity contribution is -0.139. The Labute approximate surface area is 152 Å². The fraction of sp³-hybridized carbons (Fsp3) is 0.250. The minimum Gasteiger partial charge on any atom is -0.207 e. The third kappa shape index (κ3) is 3.99. The highest BCUT2D eigenvalue weighted by molar-refractivity contribution is 7.89. The Balaban J connectivity index is 2.51. The molecular weight excluding hydrogens is 401 g/mol. The lowest BCUT2D eigenvalue weighted by atomic mass is 10.1. The van der Waals surface area contributed by atoms with E-state index < -0.39 is 44.3 Å². The number of nitrogens with zero attached hydrogens (tertiary/aromatic N) is 1. The molecule has 1 unspecified atom stereocenters. The van der Waals surface area contributed by atoms with Crippen molar-refractivity contribution in [3.63, 3.8) is 0 Å². The topological polar surface area (TPSA) is 37.4 Å². The van der Waals surface area contributed by atoms with Crippen LogP contribution in [0.4, 0.5) is 22.0 Å². The molecular formula is C16H13ClF5NO2S. The first-order chi connectivity index (χ1) is 11.9. The minimum atomic E-state index is -4.95. The summed E-state index contributed by atoms with van der Waals surface area (Å²) in [5.74, 6) is -2.31. The summed E-state index contributed by atoms with van der Waals surface area (Å²) in [5, 5.41) is -0.271. The third-order valence-corrected chi connectivity index (χ3v) is 6.10. The van der Waals surface area contributed by atoms with Gasteiger partial charge in [-0.1, -0.05) is 17.7 Å². The van der Waals surface area contributed by atoms with Crippen LogP contribution in [0.25, 0.3) is 0 Å². The van der Waals surface area contributed by atoms with Gasteiger partial charge in [0.1, 0.15) is 0 Å². The van der Waals surface area contributed by atoms with E-state index in [-0.39, 0.29) is 10.6 Å². The van der Waals surface area contributed by atoms with Crippen LogP contribution in [0.5, 0.6) is 0 Å². The van der Waals surface area contributed by atoms with Crippen molar-refractivity contribution in [2.24, 2.45) is 0 Å². The lowest BCUT2D eigenvalue weighted by Crippen LogP contribution is -2.31. The van der Waals surface area contributed by atoms with Crippen molar-refractivity contribution in [3.8, 4) is 0 Å². The molecule has 10 heteroatoms. The number of hydrogen-bond donors (Lipinski definition) is 0. The summed E-state index contributed by atoms with van der Waals surface area (Å²) < 4.78 is 92.1. The highest BCUT2D eigenvalue weighted by Gasteiger charge is 2.39. The molecule has 0 N–H and O–H groups in total. The van der Waals surface area contributed by atoms with Gasteiger partial charge in [-0.2, -0.15) is 17.5 Å². The Hall–Kier alpha value is -1.71. The first-order valence-electron chi connectivity index (χ1n) is 7.15. The molecule has 0 fully saturated rings. The third-order valence-electron chi connectivity index (χ3n) is 3.88. The van der Waals surface area contributed by atoms with Gasteiger partial charge in [0, 0.05) is 18.1 Å². The van der Waals surface area contributed by atoms with Gasteiger partial charge in [-0.25, -0.2) is 17.2 Å². The van der Waals surface area contributed by atoms with Crippen LogP contribution in [0.1, 0.15) is 24.1 Å². The molecule has 0 aliphatic carbocycles. The Kier molecular flexibility index (Phi) is 5.65. The molecule has 0 radical (unpaired) electrons. The number of hydrogen-bond acceptors (Lipinski definition) is 2. The summed E-state index contributed by atoms with van der Waals surface area (Å²) in [6.07, 6.45) is -4.95. The molecule has 0 spiro atoms. The van der Waals surface area contributed by atoms with E-state index in [0.717, 1.165) is 37.4 Å². The zero-order valence-electron chi connectivity index (χ0n) is 13.5. The van der Waals surface area contributed by atoms with Gasteiger partial charge >= 0.3 is 6.18 Å². The molecule has 142 valence electrons. The minimum absolute atomic E-state index is 0.0810. The molecule has 0 aliphatic rings. The average molecular weight is 414 g/mol. The van der Waals surface area contributed by atoms with Crippen molar-refractivity contribution < 1.29 is 30.4 Å². The van der Waals surface area contributed by atoms with Crippen LogP contribution in [-0.4, -0.2) is 19.8 Å². The molecule has 0 amide bonds. The Bertz CT molecular complexity index is 931. The summed E-state index contributed by atoms with van der Waals surface area (Å²) in [7, 11) is -3.55. The van der Waals surface area contributed by atoms with E-state index in [0.29, 0.717) is 10.4 Å². The van der Waals surface area contributed by atoms with Gasteiger partial charge in [-0.3, -0.25) is 0 Å². The molecule has 0 aliphatic heterocycles. The number of halogens is 6. The second-order valence-electron chi connectivity index (χ2n) is 5.51. The predicted octanol–water partition coefficient (Wildman–Crippen LogP) is 5.02. The SMILES string of the molecule is CC(c1ccc(F)c(F)c1)N(C)S(=O)(=O)c1ccc(Cl)cc1C(F)(F)F. The van der Waals surface area contributed by atoms with Crippen molar-refractivity contribution in [1.29, 1.82) is 0 Å². The normalized spacial score (nSPS) is 13.9. The highest BCUT2D eigenvalue weighted by Crippen LogP contribution is 2.38. The quantitative estimate of drug-likeness (QED) is 0.660. The largest absolute Gasteiger partial charge is 0.417 e. The Morgan fingerprint density at radius 2 is 1.65 bits per heavy atom. The van der Waals surface area contributed by atoms with Gasteiger partial charge in [0.25, 0.3) is 0 Å². The van der Waals surface area contributed by atoms with Crippen molar-refractivity contribution in [3.05, 3.63) is 64.2 Å². The Morgan fingerprint density at radius 3 is 2.19 bits per heavy atom. The second-order valence-corrected chi connectivity index (χ2v) is 7.91. The van der Waals surface area contributed by atoms with Crippen LogP contribution in [0, 0.1) is 11.6 Å². The predicted molar refractivity (Wildman–Crippen MR) is 86.2 cm³/mol. The van der Waals surface area contributed by atoms with Crippen LogP contribution in [-0.2, 0) is 16.2 Å². The van der Waals surface area contributed by atoms with Crippen LogP contribution in [0.3, 0.4) is 0 Å². The first kappa shape index (κ1) is 20.6. The van der Waals surface area contributed by atoms with Crippen molar-refractivity contribution >= 4 is 21.6 Å². The van der Waals surface area contributed by atoms with Crippen LogP contribution >= 0.6 is 11.6 Å². The van der Waals surface area contributed by atoms with E-state index in [9.17, 15) is 30.4 Å². The molecule has 26 heavy (non-hydrogen) atoms. The number of benzene rings is 2. The van der Waals surface area contributed by atoms with Gasteiger partial charge < -0.3 is 0 Å². The second kappa shape index (κ2) is 7.13. The lowest BCUT2D eigenvalue weighted by Gasteiger charge is -2.26. The van der Waals surface area contributed by atoms with E-state index in [1.165, 1.54) is 6.92 Å². The van der Waals surface area contributed by atoms with E-state index in [2.05, 4.69) is 0 Å². The van der Waals surface area contributed by atoms with Crippen molar-refractivity contribution in [1.82, 2.24) is 4.31 Å². The maximum Gasteiger partial charge on any atom is 0.417 e. The monoisotopic (exact) mass is 413 g/mol. The maximum absolute atomic E-state index is 13.4. The molecule has 0 heterocycles. The summed E-state index contributed by atoms with van der Waals surface area (Å²) in [6.45, 7) is 1.34. The number of sulfonamides is 1. The van der Waals surface area contributed by atoms with E-state index in [4.69, 9.17) is 11.6 Å². The van der Waals surface area contributed by atoms with Crippen LogP contribution in [0.2, 0.25) is 5.02 Å². The van der Waals surface area contributed by atoms with E-state index in [1.807, 2.05) is 0 Å². The van der Waals surface area contributed by atoms with Gasteiger partial charge in [-0.15, -0.1) is 0 Å². The zero-order valence-corrected chi connectivity index (χ0v) is 15.1. The summed E-state index contributed by atoms with van der Waals surface area (Å²) in [4.78, 5) is -0.980. The molecule has 0 aromatic heterocycles. The van der Waals surface area contributed by atoms with Crippen molar-refractivity contribution in [2.75, 3.05) is 7.05 Å². The average Bonchev–Trinajstić information content (AvgIpc) is 2.54. The van der Waals surface area contributed by atoms with Crippen molar-refractivity contribution in [2.45, 2.75) is 24.0 Å². The van der Waals surface area contributed by atoms with Gasteiger partial charge in [0.15, 0.2) is 11.6 Å². The maximum atomic E-state index is 13.4. The molecule has 3 nitrogen and oxygen atoms in total. The number of rotatable bonds is 4.